The number of carbonyl (C=O) groups is 1. The normalized spacial score (nSPS) is 15.4. The van der Waals surface area contributed by atoms with Gasteiger partial charge in [-0.05, 0) is 43.3 Å². The maximum Gasteiger partial charge on any atom is 0.263 e. The first kappa shape index (κ1) is 23.3. The van der Waals surface area contributed by atoms with Gasteiger partial charge in [-0.3, -0.25) is 9.52 Å². The molecule has 1 fully saturated rings. The van der Waals surface area contributed by atoms with E-state index >= 15 is 0 Å². The Bertz CT molecular complexity index is 1470. The van der Waals surface area contributed by atoms with Gasteiger partial charge < -0.3 is 14.4 Å². The Labute approximate surface area is 208 Å². The van der Waals surface area contributed by atoms with E-state index in [1.807, 2.05) is 19.1 Å². The van der Waals surface area contributed by atoms with Crippen molar-refractivity contribution in [2.75, 3.05) is 35.8 Å². The van der Waals surface area contributed by atoms with Gasteiger partial charge in [-0.25, -0.2) is 17.8 Å². The molecule has 1 N–H and O–H groups in total. The molecule has 0 radical (unpaired) electrons. The van der Waals surface area contributed by atoms with Crippen LogP contribution in [-0.4, -0.2) is 55.0 Å². The van der Waals surface area contributed by atoms with Crippen LogP contribution in [0.4, 0.5) is 15.2 Å². The van der Waals surface area contributed by atoms with Crippen LogP contribution in [0, 0.1) is 5.82 Å². The number of amides is 1. The lowest BCUT2D eigenvalue weighted by Gasteiger charge is -2.37. The van der Waals surface area contributed by atoms with Crippen molar-refractivity contribution < 1.29 is 19.0 Å². The van der Waals surface area contributed by atoms with E-state index in [1.165, 1.54) is 23.6 Å². The van der Waals surface area contributed by atoms with Crippen LogP contribution in [0.2, 0.25) is 0 Å². The molecule has 11 heteroatoms. The molecule has 1 aliphatic heterocycles. The zero-order valence-electron chi connectivity index (χ0n) is 19.0. The van der Waals surface area contributed by atoms with Gasteiger partial charge >= 0.3 is 0 Å². The second kappa shape index (κ2) is 9.31. The summed E-state index contributed by atoms with van der Waals surface area (Å²) in [7, 11) is -3.75. The van der Waals surface area contributed by atoms with Crippen LogP contribution < -0.4 is 9.62 Å². The SMILES string of the molecule is C[C@H](C(=O)N1CCN(c2cccc(S(=O)(=O)Nc3nccs3)c2)CC1)n1ccc2c(F)cccc21.[HH]. The molecule has 0 saturated carbocycles. The highest BCUT2D eigenvalue weighted by molar-refractivity contribution is 7.93. The van der Waals surface area contributed by atoms with Gasteiger partial charge in [0.2, 0.25) is 5.91 Å². The molecule has 35 heavy (non-hydrogen) atoms. The smallest absolute Gasteiger partial charge is 0.263 e. The van der Waals surface area contributed by atoms with E-state index in [-0.39, 0.29) is 18.0 Å². The van der Waals surface area contributed by atoms with E-state index in [1.54, 1.807) is 51.4 Å². The molecule has 0 aliphatic carbocycles. The number of halogens is 1. The first-order chi connectivity index (χ1) is 16.8. The fraction of sp³-hybridized carbons (Fsp3) is 0.250. The predicted octanol–water partition coefficient (Wildman–Crippen LogP) is 4.19. The van der Waals surface area contributed by atoms with E-state index in [0.717, 1.165) is 5.69 Å². The lowest BCUT2D eigenvalue weighted by atomic mass is 10.2. The molecule has 2 aromatic carbocycles. The Balaban J connectivity index is 0.00000304. The zero-order valence-corrected chi connectivity index (χ0v) is 20.6. The molecule has 0 spiro atoms. The zero-order chi connectivity index (χ0) is 24.6. The number of thiazole rings is 1. The molecule has 2 aromatic heterocycles. The lowest BCUT2D eigenvalue weighted by molar-refractivity contribution is -0.134. The highest BCUT2D eigenvalue weighted by Crippen LogP contribution is 2.26. The fourth-order valence-electron chi connectivity index (χ4n) is 4.35. The average Bonchev–Trinajstić information content (AvgIpc) is 3.54. The van der Waals surface area contributed by atoms with Gasteiger partial charge in [-0.1, -0.05) is 12.1 Å². The number of piperazine rings is 1. The number of aromatic nitrogens is 2. The van der Waals surface area contributed by atoms with Crippen LogP contribution >= 0.6 is 11.3 Å². The number of hydrogen-bond donors (Lipinski definition) is 1. The summed E-state index contributed by atoms with van der Waals surface area (Å²) in [6, 6.07) is 12.8. The third-order valence-electron chi connectivity index (χ3n) is 6.22. The number of nitrogens with zero attached hydrogens (tertiary/aromatic N) is 4. The Morgan fingerprint density at radius 3 is 2.66 bits per heavy atom. The summed E-state index contributed by atoms with van der Waals surface area (Å²) >= 11 is 1.21. The molecule has 3 heterocycles. The molecule has 4 aromatic rings. The van der Waals surface area contributed by atoms with Crippen molar-refractivity contribution >= 4 is 49.0 Å². The average molecular weight is 516 g/mol. The molecule has 1 saturated heterocycles. The summed E-state index contributed by atoms with van der Waals surface area (Å²) < 4.78 is 43.8. The quantitative estimate of drug-likeness (QED) is 0.416. The second-order valence-corrected chi connectivity index (χ2v) is 10.9. The molecule has 184 valence electrons. The number of benzene rings is 2. The van der Waals surface area contributed by atoms with Crippen LogP contribution in [0.5, 0.6) is 0 Å². The minimum atomic E-state index is -3.75. The maximum atomic E-state index is 14.1. The van der Waals surface area contributed by atoms with E-state index in [4.69, 9.17) is 0 Å². The molecule has 1 amide bonds. The number of carbonyl (C=O) groups excluding carboxylic acids is 1. The highest BCUT2D eigenvalue weighted by Gasteiger charge is 2.27. The van der Waals surface area contributed by atoms with E-state index in [9.17, 15) is 17.6 Å². The number of rotatable bonds is 6. The highest BCUT2D eigenvalue weighted by atomic mass is 32.2. The minimum absolute atomic E-state index is 0. The summed E-state index contributed by atoms with van der Waals surface area (Å²) in [4.78, 5) is 21.2. The molecule has 1 aliphatic rings. The van der Waals surface area contributed by atoms with Crippen LogP contribution in [0.25, 0.3) is 10.9 Å². The van der Waals surface area contributed by atoms with Gasteiger partial charge in [-0.2, -0.15) is 0 Å². The van der Waals surface area contributed by atoms with E-state index in [2.05, 4.69) is 14.6 Å². The molecular formula is C24H26FN5O3S2. The lowest BCUT2D eigenvalue weighted by Crippen LogP contribution is -2.50. The molecule has 0 bridgehead atoms. The minimum Gasteiger partial charge on any atom is -0.368 e. The Kier molecular flexibility index (Phi) is 6.20. The Hall–Kier alpha value is -3.44. The van der Waals surface area contributed by atoms with Crippen molar-refractivity contribution in [3.8, 4) is 0 Å². The summed E-state index contributed by atoms with van der Waals surface area (Å²) in [5.74, 6) is -0.337. The van der Waals surface area contributed by atoms with Crippen molar-refractivity contribution in [2.45, 2.75) is 17.9 Å². The van der Waals surface area contributed by atoms with Crippen molar-refractivity contribution in [1.29, 1.82) is 0 Å². The van der Waals surface area contributed by atoms with Crippen LogP contribution in [0.15, 0.2) is 71.2 Å². The first-order valence-corrected chi connectivity index (χ1v) is 13.5. The summed E-state index contributed by atoms with van der Waals surface area (Å²) in [5.41, 5.74) is 1.47. The van der Waals surface area contributed by atoms with Crippen LogP contribution in [-0.2, 0) is 14.8 Å². The van der Waals surface area contributed by atoms with Gasteiger partial charge in [0.05, 0.1) is 10.4 Å². The Morgan fingerprint density at radius 1 is 1.14 bits per heavy atom. The molecule has 5 rings (SSSR count). The molecule has 0 unspecified atom stereocenters. The summed E-state index contributed by atoms with van der Waals surface area (Å²) in [5, 5.41) is 2.51. The number of anilines is 2. The Morgan fingerprint density at radius 2 is 1.91 bits per heavy atom. The third-order valence-corrected chi connectivity index (χ3v) is 8.38. The largest absolute Gasteiger partial charge is 0.368 e. The van der Waals surface area contributed by atoms with Gasteiger partial charge in [0.15, 0.2) is 5.13 Å². The van der Waals surface area contributed by atoms with Gasteiger partial charge in [0, 0.05) is 56.5 Å². The third kappa shape index (κ3) is 4.61. The fourth-order valence-corrected chi connectivity index (χ4v) is 6.18. The predicted molar refractivity (Wildman–Crippen MR) is 137 cm³/mol. The van der Waals surface area contributed by atoms with Crippen LogP contribution in [0.1, 0.15) is 14.4 Å². The first-order valence-electron chi connectivity index (χ1n) is 11.1. The van der Waals surface area contributed by atoms with Gasteiger partial charge in [0.1, 0.15) is 11.9 Å². The van der Waals surface area contributed by atoms with E-state index < -0.39 is 16.1 Å². The van der Waals surface area contributed by atoms with E-state index in [0.29, 0.717) is 42.2 Å². The summed E-state index contributed by atoms with van der Waals surface area (Å²) in [6.45, 7) is 3.98. The van der Waals surface area contributed by atoms with Crippen molar-refractivity contribution in [2.24, 2.45) is 0 Å². The molecule has 1 atom stereocenters. The van der Waals surface area contributed by atoms with Gasteiger partial charge in [-0.15, -0.1) is 11.3 Å². The van der Waals surface area contributed by atoms with Crippen LogP contribution in [0.3, 0.4) is 0 Å². The number of nitrogens with one attached hydrogen (secondary N) is 1. The topological polar surface area (TPSA) is 87.5 Å². The van der Waals surface area contributed by atoms with Crippen molar-refractivity contribution in [3.05, 3.63) is 72.1 Å². The number of sulfonamides is 1. The van der Waals surface area contributed by atoms with Crippen molar-refractivity contribution in [3.63, 3.8) is 0 Å². The number of fused-ring (bicyclic) bond motifs is 1. The maximum absolute atomic E-state index is 14.1. The number of hydrogen-bond acceptors (Lipinski definition) is 6. The van der Waals surface area contributed by atoms with Gasteiger partial charge in [0.25, 0.3) is 10.0 Å². The summed E-state index contributed by atoms with van der Waals surface area (Å²) in [6.07, 6.45) is 3.29. The van der Waals surface area contributed by atoms with Crippen molar-refractivity contribution in [1.82, 2.24) is 14.5 Å². The standard InChI is InChI=1S/C24H24FN5O3S2.H2/c1-17(30-10-8-20-21(25)6-3-7-22(20)30)23(31)29-13-11-28(12-14-29)18-4-2-5-19(16-18)35(32,33)27-24-26-9-15-34-24;/h2-10,15-17H,11-14H2,1H3,(H,26,27);1H/t17-;/m1./s1. The second-order valence-electron chi connectivity index (χ2n) is 8.32. The molecule has 8 nitrogen and oxygen atoms in total. The molecular weight excluding hydrogens is 489 g/mol. The monoisotopic (exact) mass is 515 g/mol.